The van der Waals surface area contributed by atoms with Gasteiger partial charge in [0.05, 0.1) is 17.4 Å². The zero-order chi connectivity index (χ0) is 26.1. The van der Waals surface area contributed by atoms with Crippen LogP contribution in [0.25, 0.3) is 0 Å². The SMILES string of the molecule is C=CCN(C)C(=O)[C@@H]1[C@H]2C(=O)N(CCCO)C(C(=O)N(CC=C)Cc3ccccc3)C23CC[C@@]1(C)O3. The van der Waals surface area contributed by atoms with E-state index in [1.807, 2.05) is 37.3 Å². The fourth-order valence-corrected chi connectivity index (χ4v) is 6.45. The van der Waals surface area contributed by atoms with Crippen molar-refractivity contribution >= 4 is 17.7 Å². The molecule has 0 aliphatic carbocycles. The first-order valence-electron chi connectivity index (χ1n) is 12.6. The molecule has 0 saturated carbocycles. The summed E-state index contributed by atoms with van der Waals surface area (Å²) in [6, 6.07) is 8.81. The number of likely N-dealkylation sites (tertiary alicyclic amines) is 1. The molecular weight excluding hydrogens is 458 g/mol. The molecule has 194 valence electrons. The van der Waals surface area contributed by atoms with E-state index < -0.39 is 29.1 Å². The summed E-state index contributed by atoms with van der Waals surface area (Å²) in [5.74, 6) is -2.05. The smallest absolute Gasteiger partial charge is 0.248 e. The lowest BCUT2D eigenvalue weighted by molar-refractivity contribution is -0.153. The summed E-state index contributed by atoms with van der Waals surface area (Å²) in [7, 11) is 1.70. The number of ether oxygens (including phenoxy) is 1. The molecule has 3 aliphatic rings. The summed E-state index contributed by atoms with van der Waals surface area (Å²) < 4.78 is 6.65. The molecule has 5 atom stereocenters. The Morgan fingerprint density at radius 1 is 1.17 bits per heavy atom. The molecule has 8 heteroatoms. The topological polar surface area (TPSA) is 90.4 Å². The Kier molecular flexibility index (Phi) is 7.38. The number of nitrogens with zero attached hydrogens (tertiary/aromatic N) is 3. The van der Waals surface area contributed by atoms with Crippen molar-refractivity contribution in [3.63, 3.8) is 0 Å². The largest absolute Gasteiger partial charge is 0.396 e. The maximum atomic E-state index is 14.2. The number of likely N-dealkylation sites (N-methyl/N-ethyl adjacent to an activating group) is 1. The van der Waals surface area contributed by atoms with Crippen LogP contribution in [0.2, 0.25) is 0 Å². The normalized spacial score (nSPS) is 30.2. The highest BCUT2D eigenvalue weighted by Gasteiger charge is 2.78. The molecule has 36 heavy (non-hydrogen) atoms. The van der Waals surface area contributed by atoms with Crippen molar-refractivity contribution < 1.29 is 24.2 Å². The van der Waals surface area contributed by atoms with Crippen LogP contribution >= 0.6 is 0 Å². The van der Waals surface area contributed by atoms with Gasteiger partial charge in [-0.3, -0.25) is 14.4 Å². The second-order valence-electron chi connectivity index (χ2n) is 10.3. The van der Waals surface area contributed by atoms with Gasteiger partial charge in [0, 0.05) is 39.8 Å². The van der Waals surface area contributed by atoms with Crippen LogP contribution in [0.5, 0.6) is 0 Å². The molecule has 2 bridgehead atoms. The zero-order valence-electron chi connectivity index (χ0n) is 21.3. The van der Waals surface area contributed by atoms with Crippen molar-refractivity contribution in [2.24, 2.45) is 11.8 Å². The van der Waals surface area contributed by atoms with Gasteiger partial charge in [-0.2, -0.15) is 0 Å². The summed E-state index contributed by atoms with van der Waals surface area (Å²) in [6.45, 7) is 10.6. The third kappa shape index (κ3) is 4.16. The maximum Gasteiger partial charge on any atom is 0.248 e. The van der Waals surface area contributed by atoms with Crippen LogP contribution < -0.4 is 0 Å². The fraction of sp³-hybridized carbons (Fsp3) is 0.536. The van der Waals surface area contributed by atoms with E-state index in [9.17, 15) is 19.5 Å². The zero-order valence-corrected chi connectivity index (χ0v) is 21.3. The predicted octanol–water partition coefficient (Wildman–Crippen LogP) is 1.99. The van der Waals surface area contributed by atoms with Gasteiger partial charge in [-0.1, -0.05) is 42.5 Å². The first-order chi connectivity index (χ1) is 17.2. The van der Waals surface area contributed by atoms with E-state index in [0.29, 0.717) is 38.9 Å². The van der Waals surface area contributed by atoms with Gasteiger partial charge in [-0.05, 0) is 31.7 Å². The monoisotopic (exact) mass is 495 g/mol. The molecule has 4 rings (SSSR count). The summed E-state index contributed by atoms with van der Waals surface area (Å²) in [4.78, 5) is 46.6. The maximum absolute atomic E-state index is 14.2. The molecule has 1 N–H and O–H groups in total. The third-order valence-corrected chi connectivity index (χ3v) is 7.99. The van der Waals surface area contributed by atoms with Crippen molar-refractivity contribution in [1.82, 2.24) is 14.7 Å². The molecule has 3 saturated heterocycles. The van der Waals surface area contributed by atoms with E-state index in [1.54, 1.807) is 33.9 Å². The van der Waals surface area contributed by atoms with Gasteiger partial charge in [0.1, 0.15) is 11.6 Å². The van der Waals surface area contributed by atoms with Crippen molar-refractivity contribution in [3.05, 3.63) is 61.2 Å². The Hall–Kier alpha value is -2.97. The van der Waals surface area contributed by atoms with Crippen LogP contribution in [-0.4, -0.2) is 88.1 Å². The molecule has 0 aromatic heterocycles. The molecule has 2 unspecified atom stereocenters. The molecule has 3 fully saturated rings. The number of amides is 3. The van der Waals surface area contributed by atoms with E-state index in [1.165, 1.54) is 0 Å². The lowest BCUT2D eigenvalue weighted by Gasteiger charge is -2.37. The predicted molar refractivity (Wildman–Crippen MR) is 136 cm³/mol. The van der Waals surface area contributed by atoms with Gasteiger partial charge in [-0.15, -0.1) is 13.2 Å². The Morgan fingerprint density at radius 3 is 2.50 bits per heavy atom. The molecule has 1 aromatic carbocycles. The summed E-state index contributed by atoms with van der Waals surface area (Å²) in [5, 5.41) is 9.52. The van der Waals surface area contributed by atoms with Crippen LogP contribution in [0.4, 0.5) is 0 Å². The van der Waals surface area contributed by atoms with Crippen molar-refractivity contribution in [2.45, 2.75) is 50.0 Å². The standard InChI is InChI=1S/C28H37N3O5/c1-5-15-29(4)24(33)21-22-25(34)31(17-10-18-32)23(28(22)14-13-27(21,3)36-28)26(35)30(16-6-2)19-20-11-8-7-9-12-20/h5-9,11-12,21-23,32H,1-2,10,13-19H2,3-4H3/t21-,22-,23?,27+,28?/m0/s1. The van der Waals surface area contributed by atoms with Crippen molar-refractivity contribution in [3.8, 4) is 0 Å². The Labute approximate surface area is 213 Å². The fourth-order valence-electron chi connectivity index (χ4n) is 6.45. The molecular formula is C28H37N3O5. The number of benzene rings is 1. The van der Waals surface area contributed by atoms with E-state index in [2.05, 4.69) is 13.2 Å². The molecule has 1 spiro atoms. The minimum Gasteiger partial charge on any atom is -0.396 e. The molecule has 8 nitrogen and oxygen atoms in total. The van der Waals surface area contributed by atoms with Gasteiger partial charge < -0.3 is 24.5 Å². The highest BCUT2D eigenvalue weighted by atomic mass is 16.5. The molecule has 0 radical (unpaired) electrons. The lowest BCUT2D eigenvalue weighted by Crippen LogP contribution is -2.56. The van der Waals surface area contributed by atoms with Crippen LogP contribution in [0.3, 0.4) is 0 Å². The second kappa shape index (κ2) is 10.2. The van der Waals surface area contributed by atoms with Crippen LogP contribution in [0, 0.1) is 11.8 Å². The van der Waals surface area contributed by atoms with Crippen molar-refractivity contribution in [2.75, 3.05) is 33.3 Å². The van der Waals surface area contributed by atoms with E-state index in [0.717, 1.165) is 5.56 Å². The number of carbonyl (C=O) groups is 3. The van der Waals surface area contributed by atoms with E-state index in [-0.39, 0.29) is 30.9 Å². The Balaban J connectivity index is 1.74. The second-order valence-corrected chi connectivity index (χ2v) is 10.3. The van der Waals surface area contributed by atoms with E-state index in [4.69, 9.17) is 4.74 Å². The number of hydrogen-bond acceptors (Lipinski definition) is 5. The molecule has 3 aliphatic heterocycles. The average molecular weight is 496 g/mol. The van der Waals surface area contributed by atoms with Gasteiger partial charge in [0.2, 0.25) is 17.7 Å². The third-order valence-electron chi connectivity index (χ3n) is 7.99. The minimum absolute atomic E-state index is 0.105. The van der Waals surface area contributed by atoms with Gasteiger partial charge in [0.25, 0.3) is 0 Å². The van der Waals surface area contributed by atoms with Crippen molar-refractivity contribution in [1.29, 1.82) is 0 Å². The van der Waals surface area contributed by atoms with Gasteiger partial charge >= 0.3 is 0 Å². The summed E-state index contributed by atoms with van der Waals surface area (Å²) in [6.07, 6.45) is 4.78. The Bertz CT molecular complexity index is 1030. The van der Waals surface area contributed by atoms with Gasteiger partial charge in [0.15, 0.2) is 0 Å². The molecule has 3 amide bonds. The highest BCUT2D eigenvalue weighted by Crippen LogP contribution is 2.63. The van der Waals surface area contributed by atoms with E-state index >= 15 is 0 Å². The number of hydrogen-bond donors (Lipinski definition) is 1. The summed E-state index contributed by atoms with van der Waals surface area (Å²) >= 11 is 0. The number of carbonyl (C=O) groups excluding carboxylic acids is 3. The number of rotatable bonds is 11. The number of fused-ring (bicyclic) bond motifs is 1. The highest BCUT2D eigenvalue weighted by molar-refractivity contribution is 5.99. The molecule has 3 heterocycles. The number of aliphatic hydroxyl groups is 1. The lowest BCUT2D eigenvalue weighted by atomic mass is 9.66. The minimum atomic E-state index is -1.08. The molecule has 1 aromatic rings. The Morgan fingerprint density at radius 2 is 1.86 bits per heavy atom. The van der Waals surface area contributed by atoms with Crippen LogP contribution in [0.15, 0.2) is 55.6 Å². The quantitative estimate of drug-likeness (QED) is 0.474. The van der Waals surface area contributed by atoms with Crippen LogP contribution in [-0.2, 0) is 25.7 Å². The van der Waals surface area contributed by atoms with Crippen LogP contribution in [0.1, 0.15) is 31.7 Å². The average Bonchev–Trinajstić information content (AvgIpc) is 3.43. The van der Waals surface area contributed by atoms with Gasteiger partial charge in [-0.25, -0.2) is 0 Å². The summed E-state index contributed by atoms with van der Waals surface area (Å²) in [5.41, 5.74) is -0.934. The first-order valence-corrected chi connectivity index (χ1v) is 12.6. The first kappa shape index (κ1) is 26.1. The number of aliphatic hydroxyl groups excluding tert-OH is 1.